The average Bonchev–Trinajstić information content (AvgIpc) is 3.38. The molecule has 0 spiro atoms. The maximum atomic E-state index is 13.6. The van der Waals surface area contributed by atoms with Crippen molar-refractivity contribution in [3.63, 3.8) is 0 Å². The highest BCUT2D eigenvalue weighted by molar-refractivity contribution is 7.99. The number of ether oxygens (including phenoxy) is 1. The molecule has 0 radical (unpaired) electrons. The number of amides is 2. The SMILES string of the molecule is CC(C)(C)OC(=O)N1CCN(C[C@]2(C)CCC(c3ccc(Cl)cc3)=C(CN3CCN(c4ccc(C(=O)NS(=O)(=O)c5ccc(NC(CCN6CCCCC6)CSc6ccccc6)c([N+](=O)[O-])c5)cc4)CC3)C2)CC1. The Kier molecular flexibility index (Phi) is 18.4. The normalized spacial score (nSPS) is 20.0. The van der Waals surface area contributed by atoms with Crippen LogP contribution in [0.4, 0.5) is 21.9 Å². The number of anilines is 2. The number of nitrogens with zero attached hydrogens (tertiary/aromatic N) is 6. The van der Waals surface area contributed by atoms with E-state index in [9.17, 15) is 28.1 Å². The number of rotatable bonds is 18. The third-order valence-electron chi connectivity index (χ3n) is 14.6. The zero-order chi connectivity index (χ0) is 52.5. The second kappa shape index (κ2) is 24.7. The summed E-state index contributed by atoms with van der Waals surface area (Å²) in [6, 6.07) is 28.7. The topological polar surface area (TPSA) is 161 Å². The molecule has 3 aliphatic heterocycles. The molecule has 74 heavy (non-hydrogen) atoms. The van der Waals surface area contributed by atoms with E-state index in [4.69, 9.17) is 16.3 Å². The summed E-state index contributed by atoms with van der Waals surface area (Å²) in [5, 5.41) is 16.5. The lowest BCUT2D eigenvalue weighted by atomic mass is 9.71. The number of carbonyl (C=O) groups excluding carboxylic acids is 2. The maximum absolute atomic E-state index is 13.6. The Morgan fingerprint density at radius 3 is 2.18 bits per heavy atom. The van der Waals surface area contributed by atoms with Gasteiger partial charge in [0.1, 0.15) is 11.3 Å². The summed E-state index contributed by atoms with van der Waals surface area (Å²) < 4.78 is 35.0. The lowest BCUT2D eigenvalue weighted by Gasteiger charge is -2.44. The molecule has 2 amide bonds. The van der Waals surface area contributed by atoms with E-state index in [1.54, 1.807) is 23.9 Å². The quantitative estimate of drug-likeness (QED) is 0.0551. The largest absolute Gasteiger partial charge is 0.444 e. The number of nitro benzene ring substituents is 1. The first-order chi connectivity index (χ1) is 35.4. The molecular weight excluding hydrogens is 996 g/mol. The van der Waals surface area contributed by atoms with Crippen LogP contribution in [-0.4, -0.2) is 147 Å². The van der Waals surface area contributed by atoms with Gasteiger partial charge >= 0.3 is 6.09 Å². The molecule has 0 aromatic heterocycles. The number of halogens is 1. The van der Waals surface area contributed by atoms with Crippen LogP contribution in [0.25, 0.3) is 5.57 Å². The van der Waals surface area contributed by atoms with Crippen molar-refractivity contribution < 1.29 is 27.7 Å². The zero-order valence-electron chi connectivity index (χ0n) is 43.4. The molecule has 3 fully saturated rings. The van der Waals surface area contributed by atoms with E-state index in [1.807, 2.05) is 80.3 Å². The van der Waals surface area contributed by atoms with Crippen LogP contribution < -0.4 is 14.9 Å². The summed E-state index contributed by atoms with van der Waals surface area (Å²) in [6.07, 6.45) is 7.09. The Labute approximate surface area is 447 Å². The molecule has 0 saturated carbocycles. The Bertz CT molecular complexity index is 2700. The lowest BCUT2D eigenvalue weighted by Crippen LogP contribution is -2.52. The second-order valence-electron chi connectivity index (χ2n) is 21.7. The van der Waals surface area contributed by atoms with Gasteiger partial charge < -0.3 is 24.8 Å². The molecule has 8 rings (SSSR count). The van der Waals surface area contributed by atoms with Gasteiger partial charge in [-0.25, -0.2) is 17.9 Å². The van der Waals surface area contributed by atoms with Gasteiger partial charge in [-0.2, -0.15) is 0 Å². The van der Waals surface area contributed by atoms with Gasteiger partial charge in [0.15, 0.2) is 0 Å². The third kappa shape index (κ3) is 15.2. The van der Waals surface area contributed by atoms with Crippen LogP contribution in [0.1, 0.15) is 88.6 Å². The van der Waals surface area contributed by atoms with E-state index in [-0.39, 0.29) is 39.4 Å². The van der Waals surface area contributed by atoms with Crippen LogP contribution in [0.5, 0.6) is 0 Å². The van der Waals surface area contributed by atoms with Crippen LogP contribution in [-0.2, 0) is 14.8 Å². The number of benzene rings is 4. The van der Waals surface area contributed by atoms with Gasteiger partial charge in [0.2, 0.25) is 0 Å². The lowest BCUT2D eigenvalue weighted by molar-refractivity contribution is -0.384. The first-order valence-electron chi connectivity index (χ1n) is 26.2. The van der Waals surface area contributed by atoms with Crippen molar-refractivity contribution in [1.29, 1.82) is 0 Å². The molecule has 1 aliphatic carbocycles. The highest BCUT2D eigenvalue weighted by Gasteiger charge is 2.36. The Morgan fingerprint density at radius 2 is 1.51 bits per heavy atom. The molecule has 0 bridgehead atoms. The summed E-state index contributed by atoms with van der Waals surface area (Å²) in [5.41, 5.74) is 4.56. The fourth-order valence-electron chi connectivity index (χ4n) is 10.7. The van der Waals surface area contributed by atoms with E-state index in [0.717, 1.165) is 132 Å². The standard InChI is InChI=1S/C56H73ClN8O7S2/c1-55(2,3)72-54(67)64-35-31-62(32-36-64)41-56(4)25-23-50(42-13-17-45(57)18-14-42)44(38-56)39-61-29-33-63(34-30-61)47-19-15-43(16-20-47)53(66)59-74(70,71)49-21-22-51(52(37-49)65(68)69)58-46(24-28-60-26-9-6-10-27-60)40-73-48-11-7-5-8-12-48/h5,7-8,11-22,37,46,58H,6,9-10,23-36,38-41H2,1-4H3,(H,59,66)/t46?,56-/m1/s1. The first-order valence-corrected chi connectivity index (χ1v) is 29.0. The van der Waals surface area contributed by atoms with Crippen molar-refractivity contribution in [1.82, 2.24) is 24.3 Å². The van der Waals surface area contributed by atoms with Crippen molar-refractivity contribution >= 4 is 68.0 Å². The Hall–Kier alpha value is -5.17. The summed E-state index contributed by atoms with van der Waals surface area (Å²) in [6.45, 7) is 19.0. The summed E-state index contributed by atoms with van der Waals surface area (Å²) in [7, 11) is -4.47. The van der Waals surface area contributed by atoms with Gasteiger partial charge in [0, 0.05) is 111 Å². The maximum Gasteiger partial charge on any atom is 0.410 e. The highest BCUT2D eigenvalue weighted by atomic mass is 35.5. The number of piperazine rings is 2. The van der Waals surface area contributed by atoms with Crippen molar-refractivity contribution in [2.75, 3.05) is 101 Å². The van der Waals surface area contributed by atoms with E-state index < -0.39 is 26.5 Å². The number of allylic oxidation sites excluding steroid dienone is 1. The second-order valence-corrected chi connectivity index (χ2v) is 24.9. The summed E-state index contributed by atoms with van der Waals surface area (Å²) >= 11 is 8.00. The molecule has 3 saturated heterocycles. The number of nitro groups is 1. The fraction of sp³-hybridized carbons (Fsp3) is 0.500. The van der Waals surface area contributed by atoms with Gasteiger partial charge in [-0.1, -0.05) is 60.9 Å². The molecule has 4 aliphatic rings. The van der Waals surface area contributed by atoms with E-state index in [2.05, 4.69) is 48.7 Å². The molecule has 4 aromatic carbocycles. The van der Waals surface area contributed by atoms with Crippen LogP contribution in [0.3, 0.4) is 0 Å². The third-order valence-corrected chi connectivity index (χ3v) is 17.4. The first kappa shape index (κ1) is 55.1. The molecule has 4 aromatic rings. The van der Waals surface area contributed by atoms with Crippen molar-refractivity contribution in [3.05, 3.63) is 129 Å². The molecule has 398 valence electrons. The summed E-state index contributed by atoms with van der Waals surface area (Å²) in [5.74, 6) is -0.165. The minimum Gasteiger partial charge on any atom is -0.444 e. The Morgan fingerprint density at radius 1 is 0.838 bits per heavy atom. The van der Waals surface area contributed by atoms with Gasteiger partial charge in [-0.05, 0) is 150 Å². The van der Waals surface area contributed by atoms with Gasteiger partial charge in [-0.3, -0.25) is 24.7 Å². The smallest absolute Gasteiger partial charge is 0.410 e. The van der Waals surface area contributed by atoms with E-state index >= 15 is 0 Å². The van der Waals surface area contributed by atoms with Crippen molar-refractivity contribution in [3.8, 4) is 0 Å². The highest BCUT2D eigenvalue weighted by Crippen LogP contribution is 2.44. The molecule has 15 nitrogen and oxygen atoms in total. The Balaban J connectivity index is 0.864. The minimum atomic E-state index is -4.47. The predicted molar refractivity (Wildman–Crippen MR) is 297 cm³/mol. The van der Waals surface area contributed by atoms with Crippen LogP contribution >= 0.6 is 23.4 Å². The number of likely N-dealkylation sites (tertiary alicyclic amines) is 1. The predicted octanol–water partition coefficient (Wildman–Crippen LogP) is 10.1. The van der Waals surface area contributed by atoms with Gasteiger partial charge in [0.05, 0.1) is 9.82 Å². The molecule has 18 heteroatoms. The molecular formula is C56H73ClN8O7S2. The molecule has 2 atom stereocenters. The number of piperidine rings is 1. The van der Waals surface area contributed by atoms with Gasteiger partial charge in [0.25, 0.3) is 21.6 Å². The number of hydrogen-bond donors (Lipinski definition) is 2. The van der Waals surface area contributed by atoms with Gasteiger partial charge in [-0.15, -0.1) is 11.8 Å². The van der Waals surface area contributed by atoms with E-state index in [1.165, 1.54) is 35.3 Å². The van der Waals surface area contributed by atoms with Crippen molar-refractivity contribution in [2.24, 2.45) is 5.41 Å². The van der Waals surface area contributed by atoms with Crippen molar-refractivity contribution in [2.45, 2.75) is 94.1 Å². The number of hydrogen-bond acceptors (Lipinski definition) is 13. The number of thioether (sulfide) groups is 1. The number of sulfonamides is 1. The molecule has 2 N–H and O–H groups in total. The van der Waals surface area contributed by atoms with Crippen LogP contribution in [0.2, 0.25) is 5.02 Å². The van der Waals surface area contributed by atoms with E-state index in [0.29, 0.717) is 18.8 Å². The monoisotopic (exact) mass is 1070 g/mol. The average molecular weight is 1070 g/mol. The van der Waals surface area contributed by atoms with Crippen LogP contribution in [0.15, 0.2) is 112 Å². The molecule has 1 unspecified atom stereocenters. The number of carbonyl (C=O) groups is 2. The van der Waals surface area contributed by atoms with Crippen LogP contribution in [0, 0.1) is 15.5 Å². The zero-order valence-corrected chi connectivity index (χ0v) is 45.8. The summed E-state index contributed by atoms with van der Waals surface area (Å²) in [4.78, 5) is 50.3. The fourth-order valence-corrected chi connectivity index (χ4v) is 12.8. The molecule has 3 heterocycles. The number of nitrogens with one attached hydrogen (secondary N) is 2. The minimum absolute atomic E-state index is 0.0763.